The molecular formula is C18H31N3O. The Morgan fingerprint density at radius 1 is 1.36 bits per heavy atom. The lowest BCUT2D eigenvalue weighted by atomic mass is 9.89. The number of hydrogen-bond acceptors (Lipinski definition) is 3. The fraction of sp³-hybridized carbons (Fsp3) is 0.778. The number of carbonyl (C=O) groups is 1. The van der Waals surface area contributed by atoms with Crippen LogP contribution in [0.4, 0.5) is 0 Å². The Morgan fingerprint density at radius 2 is 2.09 bits per heavy atom. The minimum Gasteiger partial charge on any atom is -0.349 e. The average molecular weight is 305 g/mol. The first-order valence-electron chi connectivity index (χ1n) is 8.75. The number of likely N-dealkylation sites (tertiary alicyclic amines) is 1. The van der Waals surface area contributed by atoms with E-state index in [9.17, 15) is 4.79 Å². The van der Waals surface area contributed by atoms with Crippen LogP contribution in [0.5, 0.6) is 0 Å². The summed E-state index contributed by atoms with van der Waals surface area (Å²) in [6, 6.07) is 0. The molecule has 2 aliphatic rings. The van der Waals surface area contributed by atoms with Gasteiger partial charge < -0.3 is 4.90 Å². The molecule has 1 atom stereocenters. The van der Waals surface area contributed by atoms with Crippen molar-refractivity contribution < 1.29 is 4.79 Å². The third-order valence-electron chi connectivity index (χ3n) is 5.03. The van der Waals surface area contributed by atoms with Gasteiger partial charge in [-0.05, 0) is 50.2 Å². The molecule has 0 spiro atoms. The SMILES string of the molecule is CCCC1(N2CCC(CCCC(=O)N(C)C)CC2)C=CC=N1. The molecule has 0 aromatic carbocycles. The molecular weight excluding hydrogens is 274 g/mol. The fourth-order valence-corrected chi connectivity index (χ4v) is 3.65. The Hall–Kier alpha value is -1.16. The highest BCUT2D eigenvalue weighted by molar-refractivity contribution is 5.75. The lowest BCUT2D eigenvalue weighted by molar-refractivity contribution is -0.128. The lowest BCUT2D eigenvalue weighted by Crippen LogP contribution is -2.49. The molecule has 2 aliphatic heterocycles. The highest BCUT2D eigenvalue weighted by Crippen LogP contribution is 2.33. The molecule has 2 heterocycles. The van der Waals surface area contributed by atoms with Crippen LogP contribution in [-0.2, 0) is 4.79 Å². The summed E-state index contributed by atoms with van der Waals surface area (Å²) in [6.45, 7) is 4.50. The molecule has 0 aromatic rings. The van der Waals surface area contributed by atoms with Crippen LogP contribution in [0.15, 0.2) is 17.1 Å². The zero-order chi connectivity index (χ0) is 16.0. The van der Waals surface area contributed by atoms with Crippen LogP contribution in [0.3, 0.4) is 0 Å². The fourth-order valence-electron chi connectivity index (χ4n) is 3.65. The number of allylic oxidation sites excluding steroid dienone is 1. The maximum absolute atomic E-state index is 11.6. The van der Waals surface area contributed by atoms with Crippen molar-refractivity contribution >= 4 is 12.1 Å². The van der Waals surface area contributed by atoms with Crippen LogP contribution in [0.1, 0.15) is 51.9 Å². The molecule has 1 saturated heterocycles. The van der Waals surface area contributed by atoms with Gasteiger partial charge in [0.15, 0.2) is 0 Å². The minimum atomic E-state index is -0.0550. The Bertz CT molecular complexity index is 408. The Balaban J connectivity index is 1.75. The van der Waals surface area contributed by atoms with Gasteiger partial charge in [-0.2, -0.15) is 0 Å². The molecule has 0 bridgehead atoms. The van der Waals surface area contributed by atoms with Crippen LogP contribution in [0.2, 0.25) is 0 Å². The smallest absolute Gasteiger partial charge is 0.222 e. The number of nitrogens with zero attached hydrogens (tertiary/aromatic N) is 3. The second-order valence-electron chi connectivity index (χ2n) is 6.88. The predicted molar refractivity (Wildman–Crippen MR) is 92.1 cm³/mol. The second-order valence-corrected chi connectivity index (χ2v) is 6.88. The second kappa shape index (κ2) is 7.91. The van der Waals surface area contributed by atoms with Crippen LogP contribution < -0.4 is 0 Å². The summed E-state index contributed by atoms with van der Waals surface area (Å²) < 4.78 is 0. The van der Waals surface area contributed by atoms with Crippen molar-refractivity contribution in [3.63, 3.8) is 0 Å². The summed E-state index contributed by atoms with van der Waals surface area (Å²) in [5.41, 5.74) is -0.0550. The van der Waals surface area contributed by atoms with E-state index >= 15 is 0 Å². The highest BCUT2D eigenvalue weighted by atomic mass is 16.2. The van der Waals surface area contributed by atoms with E-state index in [1.54, 1.807) is 4.90 Å². The van der Waals surface area contributed by atoms with Crippen LogP contribution in [0.25, 0.3) is 0 Å². The molecule has 1 unspecified atom stereocenters. The van der Waals surface area contributed by atoms with Crippen molar-refractivity contribution in [1.29, 1.82) is 0 Å². The molecule has 0 aromatic heterocycles. The number of rotatable bonds is 7. The van der Waals surface area contributed by atoms with E-state index in [2.05, 4.69) is 24.0 Å². The van der Waals surface area contributed by atoms with E-state index in [0.717, 1.165) is 38.3 Å². The van der Waals surface area contributed by atoms with Crippen molar-refractivity contribution in [3.05, 3.63) is 12.2 Å². The first-order valence-corrected chi connectivity index (χ1v) is 8.75. The molecule has 0 N–H and O–H groups in total. The van der Waals surface area contributed by atoms with Gasteiger partial charge in [-0.15, -0.1) is 0 Å². The standard InChI is InChI=1S/C18H31N3O/c1-4-11-18(12-6-13-19-18)21-14-9-16(10-15-21)7-5-8-17(22)20(2)3/h6,12-13,16H,4-5,7-11,14-15H2,1-3H3. The quantitative estimate of drug-likeness (QED) is 0.724. The van der Waals surface area contributed by atoms with Crippen molar-refractivity contribution in [3.8, 4) is 0 Å². The monoisotopic (exact) mass is 305 g/mol. The molecule has 124 valence electrons. The third kappa shape index (κ3) is 4.19. The normalized spacial score (nSPS) is 25.8. The maximum atomic E-state index is 11.6. The molecule has 22 heavy (non-hydrogen) atoms. The molecule has 4 nitrogen and oxygen atoms in total. The molecule has 0 radical (unpaired) electrons. The third-order valence-corrected chi connectivity index (χ3v) is 5.03. The largest absolute Gasteiger partial charge is 0.349 e. The van der Waals surface area contributed by atoms with Crippen LogP contribution in [-0.4, -0.2) is 54.8 Å². The summed E-state index contributed by atoms with van der Waals surface area (Å²) in [6.07, 6.45) is 14.0. The number of hydrogen-bond donors (Lipinski definition) is 0. The first-order chi connectivity index (χ1) is 10.6. The molecule has 1 amide bonds. The Kier molecular flexibility index (Phi) is 6.18. The number of amides is 1. The van der Waals surface area contributed by atoms with Gasteiger partial charge in [0, 0.05) is 39.8 Å². The molecule has 0 saturated carbocycles. The summed E-state index contributed by atoms with van der Waals surface area (Å²) >= 11 is 0. The molecule has 2 rings (SSSR count). The van der Waals surface area contributed by atoms with Crippen molar-refractivity contribution in [2.24, 2.45) is 10.9 Å². The van der Waals surface area contributed by atoms with Crippen molar-refractivity contribution in [1.82, 2.24) is 9.80 Å². The van der Waals surface area contributed by atoms with Gasteiger partial charge in [-0.25, -0.2) is 0 Å². The zero-order valence-electron chi connectivity index (χ0n) is 14.4. The van der Waals surface area contributed by atoms with Gasteiger partial charge in [-0.3, -0.25) is 14.7 Å². The predicted octanol–water partition coefficient (Wildman–Crippen LogP) is 3.09. The van der Waals surface area contributed by atoms with E-state index < -0.39 is 0 Å². The maximum Gasteiger partial charge on any atom is 0.222 e. The van der Waals surface area contributed by atoms with Gasteiger partial charge in [0.25, 0.3) is 0 Å². The van der Waals surface area contributed by atoms with E-state index in [1.165, 1.54) is 19.3 Å². The minimum absolute atomic E-state index is 0.0550. The number of piperidine rings is 1. The van der Waals surface area contributed by atoms with Gasteiger partial charge in [-0.1, -0.05) is 13.3 Å². The molecule has 1 fully saturated rings. The summed E-state index contributed by atoms with van der Waals surface area (Å²) in [5.74, 6) is 1.03. The van der Waals surface area contributed by atoms with E-state index in [-0.39, 0.29) is 11.6 Å². The Labute approximate surface area is 135 Å². The van der Waals surface area contributed by atoms with Gasteiger partial charge in [0.05, 0.1) is 0 Å². The number of aliphatic imine (C=N–C) groups is 1. The zero-order valence-corrected chi connectivity index (χ0v) is 14.4. The van der Waals surface area contributed by atoms with Gasteiger partial charge in [0.2, 0.25) is 5.91 Å². The van der Waals surface area contributed by atoms with E-state index in [4.69, 9.17) is 4.99 Å². The van der Waals surface area contributed by atoms with Crippen LogP contribution >= 0.6 is 0 Å². The molecule has 4 heteroatoms. The Morgan fingerprint density at radius 3 is 2.64 bits per heavy atom. The number of carbonyl (C=O) groups excluding carboxylic acids is 1. The molecule has 0 aliphatic carbocycles. The summed E-state index contributed by atoms with van der Waals surface area (Å²) in [5, 5.41) is 0. The average Bonchev–Trinajstić information content (AvgIpc) is 2.98. The summed E-state index contributed by atoms with van der Waals surface area (Å²) in [4.78, 5) is 20.6. The topological polar surface area (TPSA) is 35.9 Å². The first kappa shape index (κ1) is 17.2. The highest BCUT2D eigenvalue weighted by Gasteiger charge is 2.36. The lowest BCUT2D eigenvalue weighted by Gasteiger charge is -2.42. The summed E-state index contributed by atoms with van der Waals surface area (Å²) in [7, 11) is 3.67. The van der Waals surface area contributed by atoms with Crippen molar-refractivity contribution in [2.75, 3.05) is 27.2 Å². The van der Waals surface area contributed by atoms with Crippen molar-refractivity contribution in [2.45, 2.75) is 57.5 Å². The van der Waals surface area contributed by atoms with Crippen LogP contribution in [0, 0.1) is 5.92 Å². The van der Waals surface area contributed by atoms with Gasteiger partial charge >= 0.3 is 0 Å². The van der Waals surface area contributed by atoms with E-state index in [0.29, 0.717) is 6.42 Å². The van der Waals surface area contributed by atoms with E-state index in [1.807, 2.05) is 20.3 Å². The van der Waals surface area contributed by atoms with Gasteiger partial charge in [0.1, 0.15) is 5.66 Å².